The van der Waals surface area contributed by atoms with Crippen molar-refractivity contribution in [3.05, 3.63) is 0 Å². The van der Waals surface area contributed by atoms with Crippen molar-refractivity contribution in [3.63, 3.8) is 0 Å². The first kappa shape index (κ1) is 24.2. The predicted octanol–water partition coefficient (Wildman–Crippen LogP) is 5.30. The summed E-state index contributed by atoms with van der Waals surface area (Å²) in [6, 6.07) is -0.0733. The van der Waals surface area contributed by atoms with E-state index in [0.29, 0.717) is 19.4 Å². The Morgan fingerprint density at radius 2 is 1.74 bits per heavy atom. The topological polar surface area (TPSA) is 45.1 Å². The molecule has 1 rings (SSSR count). The Morgan fingerprint density at radius 1 is 1.11 bits per heavy atom. The molecule has 1 aliphatic rings. The molecule has 27 heavy (non-hydrogen) atoms. The van der Waals surface area contributed by atoms with Gasteiger partial charge in [-0.25, -0.2) is 0 Å². The van der Waals surface area contributed by atoms with Crippen molar-refractivity contribution in [2.45, 2.75) is 108 Å². The van der Waals surface area contributed by atoms with Crippen LogP contribution in [-0.4, -0.2) is 53.4 Å². The van der Waals surface area contributed by atoms with Gasteiger partial charge >= 0.3 is 6.18 Å². The van der Waals surface area contributed by atoms with Crippen LogP contribution in [0.4, 0.5) is 13.2 Å². The number of methoxy groups -OCH3 is 1. The number of halogens is 3. The van der Waals surface area contributed by atoms with Crippen LogP contribution >= 0.6 is 0 Å². The van der Waals surface area contributed by atoms with Gasteiger partial charge in [-0.05, 0) is 38.5 Å². The number of aliphatic hydroxyl groups is 1. The molecular formula is C20H37F3N2O2. The van der Waals surface area contributed by atoms with Crippen molar-refractivity contribution in [2.24, 2.45) is 5.10 Å². The lowest BCUT2D eigenvalue weighted by Gasteiger charge is -2.40. The third kappa shape index (κ3) is 6.08. The maximum atomic E-state index is 13.5. The zero-order chi connectivity index (χ0) is 20.6. The summed E-state index contributed by atoms with van der Waals surface area (Å²) in [4.78, 5) is 0. The molecule has 2 atom stereocenters. The van der Waals surface area contributed by atoms with E-state index < -0.39 is 17.4 Å². The van der Waals surface area contributed by atoms with Gasteiger partial charge in [0, 0.05) is 13.7 Å². The lowest BCUT2D eigenvalue weighted by molar-refractivity contribution is -0.231. The molecule has 0 saturated carbocycles. The highest BCUT2D eigenvalue weighted by molar-refractivity contribution is 5.69. The summed E-state index contributed by atoms with van der Waals surface area (Å²) in [5, 5.41) is 16.1. The molecule has 7 heteroatoms. The number of ether oxygens (including phenoxy) is 1. The minimum Gasteiger partial charge on any atom is -0.376 e. The van der Waals surface area contributed by atoms with E-state index >= 15 is 0 Å². The van der Waals surface area contributed by atoms with Crippen LogP contribution in [0.2, 0.25) is 0 Å². The van der Waals surface area contributed by atoms with Gasteiger partial charge in [-0.1, -0.05) is 46.5 Å². The molecule has 1 heterocycles. The van der Waals surface area contributed by atoms with E-state index in [4.69, 9.17) is 4.74 Å². The molecule has 1 fully saturated rings. The molecule has 0 amide bonds. The van der Waals surface area contributed by atoms with Crippen molar-refractivity contribution >= 4 is 6.21 Å². The summed E-state index contributed by atoms with van der Waals surface area (Å²) < 4.78 is 46.2. The van der Waals surface area contributed by atoms with Crippen LogP contribution in [0.1, 0.15) is 85.0 Å². The molecule has 0 aromatic carbocycles. The fourth-order valence-corrected chi connectivity index (χ4v) is 4.02. The van der Waals surface area contributed by atoms with Crippen LogP contribution in [0.5, 0.6) is 0 Å². The van der Waals surface area contributed by atoms with E-state index in [0.717, 1.165) is 51.2 Å². The zero-order valence-corrected chi connectivity index (χ0v) is 17.3. The van der Waals surface area contributed by atoms with Gasteiger partial charge in [0.1, 0.15) is 0 Å². The fraction of sp³-hybridized carbons (Fsp3) is 0.950. The van der Waals surface area contributed by atoms with Crippen LogP contribution in [-0.2, 0) is 4.74 Å². The number of hydrogen-bond donors (Lipinski definition) is 1. The second-order valence-electron chi connectivity index (χ2n) is 7.63. The van der Waals surface area contributed by atoms with Crippen molar-refractivity contribution in [1.82, 2.24) is 5.01 Å². The highest BCUT2D eigenvalue weighted by Gasteiger charge is 2.52. The predicted molar refractivity (Wildman–Crippen MR) is 103 cm³/mol. The molecule has 0 aliphatic carbocycles. The molecule has 4 nitrogen and oxygen atoms in total. The lowest BCUT2D eigenvalue weighted by atomic mass is 9.87. The molecule has 0 radical (unpaired) electrons. The Bertz CT molecular complexity index is 445. The Labute approximate surface area is 162 Å². The molecule has 1 unspecified atom stereocenters. The average Bonchev–Trinajstić information content (AvgIpc) is 3.10. The van der Waals surface area contributed by atoms with E-state index in [1.807, 2.05) is 13.8 Å². The van der Waals surface area contributed by atoms with Gasteiger partial charge in [-0.2, -0.15) is 18.3 Å². The molecule has 1 N–H and O–H groups in total. The van der Waals surface area contributed by atoms with Crippen molar-refractivity contribution < 1.29 is 23.0 Å². The van der Waals surface area contributed by atoms with Crippen LogP contribution < -0.4 is 0 Å². The lowest BCUT2D eigenvalue weighted by Crippen LogP contribution is -2.50. The van der Waals surface area contributed by atoms with Gasteiger partial charge < -0.3 is 9.84 Å². The first-order valence-corrected chi connectivity index (χ1v) is 10.4. The Kier molecular flexibility index (Phi) is 9.55. The van der Waals surface area contributed by atoms with Gasteiger partial charge in [0.15, 0.2) is 5.60 Å². The van der Waals surface area contributed by atoms with Crippen LogP contribution in [0.3, 0.4) is 0 Å². The number of hydrogen-bond acceptors (Lipinski definition) is 4. The summed E-state index contributed by atoms with van der Waals surface area (Å²) in [5.74, 6) is 0. The van der Waals surface area contributed by atoms with E-state index in [1.54, 1.807) is 12.1 Å². The van der Waals surface area contributed by atoms with Gasteiger partial charge in [-0.15, -0.1) is 0 Å². The first-order chi connectivity index (χ1) is 12.7. The highest BCUT2D eigenvalue weighted by atomic mass is 19.4. The second kappa shape index (κ2) is 10.6. The third-order valence-corrected chi connectivity index (χ3v) is 6.01. The van der Waals surface area contributed by atoms with E-state index in [-0.39, 0.29) is 12.5 Å². The largest absolute Gasteiger partial charge is 0.422 e. The summed E-state index contributed by atoms with van der Waals surface area (Å²) in [5.41, 5.74) is -3.30. The summed E-state index contributed by atoms with van der Waals surface area (Å²) >= 11 is 0. The number of unbranched alkanes of at least 4 members (excludes halogenated alkanes) is 4. The Morgan fingerprint density at radius 3 is 2.26 bits per heavy atom. The quantitative estimate of drug-likeness (QED) is 0.361. The van der Waals surface area contributed by atoms with Crippen molar-refractivity contribution in [1.29, 1.82) is 0 Å². The van der Waals surface area contributed by atoms with Gasteiger partial charge in [-0.3, -0.25) is 5.01 Å². The molecular weight excluding hydrogens is 357 g/mol. The summed E-state index contributed by atoms with van der Waals surface area (Å²) in [6.07, 6.45) is 2.78. The molecule has 1 aliphatic heterocycles. The number of alkyl halides is 3. The first-order valence-electron chi connectivity index (χ1n) is 10.4. The maximum absolute atomic E-state index is 13.5. The minimum absolute atomic E-state index is 0.0733. The molecule has 0 bridgehead atoms. The molecule has 0 aromatic rings. The molecule has 1 saturated heterocycles. The van der Waals surface area contributed by atoms with Gasteiger partial charge in [0.05, 0.1) is 17.9 Å². The summed E-state index contributed by atoms with van der Waals surface area (Å²) in [6.45, 7) is 6.68. The smallest absolute Gasteiger partial charge is 0.376 e. The molecule has 0 spiro atoms. The van der Waals surface area contributed by atoms with Gasteiger partial charge in [0.25, 0.3) is 0 Å². The molecule has 160 valence electrons. The zero-order valence-electron chi connectivity index (χ0n) is 17.3. The standard InChI is InChI=1S/C20H37F3N2O2/c1-5-8-9-10-11-14-19(26,20(21,22)23)16-24-25-15-12-13-17(25)18(6-2,7-3)27-4/h16-17,26H,5-15H2,1-4H3/b24-16+/t17-,19?/m0/s1. The van der Waals surface area contributed by atoms with Crippen molar-refractivity contribution in [2.75, 3.05) is 13.7 Å². The Balaban J connectivity index is 2.88. The van der Waals surface area contributed by atoms with E-state index in [2.05, 4.69) is 12.0 Å². The van der Waals surface area contributed by atoms with Crippen LogP contribution in [0, 0.1) is 0 Å². The van der Waals surface area contributed by atoms with E-state index in [1.165, 1.54) is 0 Å². The van der Waals surface area contributed by atoms with Crippen LogP contribution in [0.15, 0.2) is 5.10 Å². The third-order valence-electron chi connectivity index (χ3n) is 6.01. The van der Waals surface area contributed by atoms with Gasteiger partial charge in [0.2, 0.25) is 0 Å². The fourth-order valence-electron chi connectivity index (χ4n) is 4.02. The minimum atomic E-state index is -4.73. The number of rotatable bonds is 12. The molecule has 0 aromatic heterocycles. The monoisotopic (exact) mass is 394 g/mol. The number of hydrazone groups is 1. The maximum Gasteiger partial charge on any atom is 0.422 e. The second-order valence-corrected chi connectivity index (χ2v) is 7.63. The number of nitrogens with zero attached hydrogens (tertiary/aromatic N) is 2. The van der Waals surface area contributed by atoms with Crippen molar-refractivity contribution in [3.8, 4) is 0 Å². The average molecular weight is 395 g/mol. The SMILES string of the molecule is CCCCCCCC(O)(/C=N/N1CCC[C@H]1C(CC)(CC)OC)C(F)(F)F. The highest BCUT2D eigenvalue weighted by Crippen LogP contribution is 2.37. The summed E-state index contributed by atoms with van der Waals surface area (Å²) in [7, 11) is 1.65. The van der Waals surface area contributed by atoms with Crippen LogP contribution in [0.25, 0.3) is 0 Å². The normalized spacial score (nSPS) is 21.2. The van der Waals surface area contributed by atoms with E-state index in [9.17, 15) is 18.3 Å². The Hall–Kier alpha value is -0.820.